The molecule has 0 aliphatic carbocycles. The van der Waals surface area contributed by atoms with Crippen molar-refractivity contribution in [3.05, 3.63) is 17.5 Å². The molecule has 1 aromatic rings. The number of methoxy groups -OCH3 is 1. The summed E-state index contributed by atoms with van der Waals surface area (Å²) in [5, 5.41) is 7.84. The van der Waals surface area contributed by atoms with Gasteiger partial charge in [-0.2, -0.15) is 5.10 Å². The summed E-state index contributed by atoms with van der Waals surface area (Å²) in [5.41, 5.74) is 2.59. The number of unbranched alkanes of at least 4 members (excludes halogenated alkanes) is 1. The maximum atomic E-state index is 5.04. The molecule has 0 fully saturated rings. The Morgan fingerprint density at radius 1 is 1.41 bits per heavy atom. The first kappa shape index (κ1) is 14.2. The molecule has 1 aromatic heterocycles. The van der Waals surface area contributed by atoms with E-state index in [1.807, 2.05) is 6.20 Å². The molecule has 1 rings (SSSR count). The van der Waals surface area contributed by atoms with Crippen LogP contribution in [0.2, 0.25) is 0 Å². The van der Waals surface area contributed by atoms with E-state index in [4.69, 9.17) is 4.74 Å². The molecule has 0 radical (unpaired) electrons. The summed E-state index contributed by atoms with van der Waals surface area (Å²) >= 11 is 0. The fourth-order valence-corrected chi connectivity index (χ4v) is 1.79. The lowest BCUT2D eigenvalue weighted by Crippen LogP contribution is -2.14. The number of aromatic nitrogens is 2. The quantitative estimate of drug-likeness (QED) is 0.671. The summed E-state index contributed by atoms with van der Waals surface area (Å²) in [5.74, 6) is 0. The van der Waals surface area contributed by atoms with Crippen LogP contribution in [0, 0.1) is 6.92 Å². The van der Waals surface area contributed by atoms with Gasteiger partial charge < -0.3 is 10.1 Å². The highest BCUT2D eigenvalue weighted by atomic mass is 16.5. The van der Waals surface area contributed by atoms with Gasteiger partial charge in [-0.1, -0.05) is 6.92 Å². The fraction of sp³-hybridized carbons (Fsp3) is 0.769. The van der Waals surface area contributed by atoms with Crippen molar-refractivity contribution in [2.24, 2.45) is 0 Å². The minimum Gasteiger partial charge on any atom is -0.385 e. The van der Waals surface area contributed by atoms with Crippen LogP contribution in [0.15, 0.2) is 6.20 Å². The minimum absolute atomic E-state index is 0.839. The molecular formula is C13H25N3O. The van der Waals surface area contributed by atoms with E-state index in [1.165, 1.54) is 17.7 Å². The van der Waals surface area contributed by atoms with Crippen molar-refractivity contribution in [1.29, 1.82) is 0 Å². The first-order valence-corrected chi connectivity index (χ1v) is 6.50. The highest BCUT2D eigenvalue weighted by Crippen LogP contribution is 2.08. The molecule has 0 aliphatic rings. The topological polar surface area (TPSA) is 39.1 Å². The van der Waals surface area contributed by atoms with Gasteiger partial charge in [-0.25, -0.2) is 0 Å². The van der Waals surface area contributed by atoms with Crippen molar-refractivity contribution in [1.82, 2.24) is 15.1 Å². The Hall–Kier alpha value is -0.870. The van der Waals surface area contributed by atoms with E-state index in [2.05, 4.69) is 28.9 Å². The number of aryl methyl sites for hydroxylation is 1. The molecule has 0 saturated carbocycles. The maximum Gasteiger partial charge on any atom is 0.0537 e. The number of hydrogen-bond acceptors (Lipinski definition) is 3. The van der Waals surface area contributed by atoms with Crippen molar-refractivity contribution < 1.29 is 4.74 Å². The number of nitrogens with zero attached hydrogens (tertiary/aromatic N) is 2. The first-order valence-electron chi connectivity index (χ1n) is 6.50. The summed E-state index contributed by atoms with van der Waals surface area (Å²) in [4.78, 5) is 0. The molecule has 0 unspecified atom stereocenters. The summed E-state index contributed by atoms with van der Waals surface area (Å²) < 4.78 is 7.14. The molecule has 1 N–H and O–H groups in total. The monoisotopic (exact) mass is 239 g/mol. The van der Waals surface area contributed by atoms with Crippen LogP contribution < -0.4 is 5.32 Å². The van der Waals surface area contributed by atoms with Crippen LogP contribution in [-0.4, -0.2) is 30.0 Å². The van der Waals surface area contributed by atoms with Gasteiger partial charge in [-0.15, -0.1) is 0 Å². The van der Waals surface area contributed by atoms with Crippen molar-refractivity contribution in [3.63, 3.8) is 0 Å². The third kappa shape index (κ3) is 4.88. The SMILES string of the molecule is CCCNCc1cnn(CCCCOC)c1C. The second kappa shape index (κ2) is 8.25. The van der Waals surface area contributed by atoms with E-state index in [-0.39, 0.29) is 0 Å². The summed E-state index contributed by atoms with van der Waals surface area (Å²) in [6.45, 7) is 8.15. The van der Waals surface area contributed by atoms with Gasteiger partial charge in [-0.3, -0.25) is 4.68 Å². The molecular weight excluding hydrogens is 214 g/mol. The molecule has 98 valence electrons. The van der Waals surface area contributed by atoms with Crippen LogP contribution in [0.25, 0.3) is 0 Å². The van der Waals surface area contributed by atoms with Gasteiger partial charge in [0.15, 0.2) is 0 Å². The molecule has 17 heavy (non-hydrogen) atoms. The third-order valence-corrected chi connectivity index (χ3v) is 2.92. The fourth-order valence-electron chi connectivity index (χ4n) is 1.79. The van der Waals surface area contributed by atoms with Gasteiger partial charge in [0.1, 0.15) is 0 Å². The lowest BCUT2D eigenvalue weighted by Gasteiger charge is -2.06. The highest BCUT2D eigenvalue weighted by Gasteiger charge is 2.05. The first-order chi connectivity index (χ1) is 8.29. The smallest absolute Gasteiger partial charge is 0.0537 e. The van der Waals surface area contributed by atoms with Gasteiger partial charge in [0, 0.05) is 38.1 Å². The van der Waals surface area contributed by atoms with Crippen LogP contribution in [0.5, 0.6) is 0 Å². The molecule has 0 saturated heterocycles. The van der Waals surface area contributed by atoms with Crippen molar-refractivity contribution >= 4 is 0 Å². The zero-order valence-electron chi connectivity index (χ0n) is 11.3. The van der Waals surface area contributed by atoms with Crippen LogP contribution >= 0.6 is 0 Å². The molecule has 0 aromatic carbocycles. The van der Waals surface area contributed by atoms with Crippen LogP contribution in [0.3, 0.4) is 0 Å². The average Bonchev–Trinajstić information content (AvgIpc) is 2.67. The van der Waals surface area contributed by atoms with Gasteiger partial charge in [0.05, 0.1) is 6.20 Å². The number of rotatable bonds is 9. The van der Waals surface area contributed by atoms with E-state index < -0.39 is 0 Å². The summed E-state index contributed by atoms with van der Waals surface area (Å²) in [6.07, 6.45) is 5.37. The van der Waals surface area contributed by atoms with Gasteiger partial charge >= 0.3 is 0 Å². The Balaban J connectivity index is 2.35. The van der Waals surface area contributed by atoms with Crippen LogP contribution in [0.1, 0.15) is 37.4 Å². The second-order valence-corrected chi connectivity index (χ2v) is 4.36. The predicted molar refractivity (Wildman–Crippen MR) is 70.1 cm³/mol. The largest absolute Gasteiger partial charge is 0.385 e. The Morgan fingerprint density at radius 2 is 2.24 bits per heavy atom. The van der Waals surface area contributed by atoms with Gasteiger partial charge in [-0.05, 0) is 32.7 Å². The Kier molecular flexibility index (Phi) is 6.89. The number of hydrogen-bond donors (Lipinski definition) is 1. The Morgan fingerprint density at radius 3 is 2.94 bits per heavy atom. The lowest BCUT2D eigenvalue weighted by atomic mass is 10.2. The Labute approximate surface area is 104 Å². The van der Waals surface area contributed by atoms with Crippen molar-refractivity contribution in [3.8, 4) is 0 Å². The number of nitrogens with one attached hydrogen (secondary N) is 1. The standard InChI is InChI=1S/C13H25N3O/c1-4-7-14-10-13-11-15-16(12(13)2)8-5-6-9-17-3/h11,14H,4-10H2,1-3H3. The Bertz CT molecular complexity index is 310. The van der Waals surface area contributed by atoms with E-state index in [0.717, 1.165) is 39.1 Å². The van der Waals surface area contributed by atoms with Gasteiger partial charge in [0.2, 0.25) is 0 Å². The zero-order chi connectivity index (χ0) is 12.5. The van der Waals surface area contributed by atoms with Crippen LogP contribution in [-0.2, 0) is 17.8 Å². The lowest BCUT2D eigenvalue weighted by molar-refractivity contribution is 0.191. The highest BCUT2D eigenvalue weighted by molar-refractivity contribution is 5.15. The minimum atomic E-state index is 0.839. The molecule has 1 heterocycles. The van der Waals surface area contributed by atoms with Crippen molar-refractivity contribution in [2.45, 2.75) is 46.2 Å². The van der Waals surface area contributed by atoms with E-state index in [9.17, 15) is 0 Å². The zero-order valence-corrected chi connectivity index (χ0v) is 11.3. The molecule has 0 aliphatic heterocycles. The second-order valence-electron chi connectivity index (χ2n) is 4.36. The molecule has 0 atom stereocenters. The molecule has 0 bridgehead atoms. The average molecular weight is 239 g/mol. The molecule has 0 amide bonds. The molecule has 0 spiro atoms. The maximum absolute atomic E-state index is 5.04. The van der Waals surface area contributed by atoms with Crippen LogP contribution in [0.4, 0.5) is 0 Å². The van der Waals surface area contributed by atoms with E-state index in [0.29, 0.717) is 0 Å². The molecule has 4 nitrogen and oxygen atoms in total. The predicted octanol–water partition coefficient (Wildman–Crippen LogP) is 2.12. The normalized spacial score (nSPS) is 11.0. The van der Waals surface area contributed by atoms with Gasteiger partial charge in [0.25, 0.3) is 0 Å². The third-order valence-electron chi connectivity index (χ3n) is 2.92. The van der Waals surface area contributed by atoms with Crippen molar-refractivity contribution in [2.75, 3.05) is 20.3 Å². The van der Waals surface area contributed by atoms with E-state index >= 15 is 0 Å². The summed E-state index contributed by atoms with van der Waals surface area (Å²) in [7, 11) is 1.75. The number of ether oxygens (including phenoxy) is 1. The summed E-state index contributed by atoms with van der Waals surface area (Å²) in [6, 6.07) is 0. The molecule has 4 heteroatoms. The van der Waals surface area contributed by atoms with E-state index in [1.54, 1.807) is 7.11 Å².